The number of halogens is 1. The molecule has 112 valence electrons. The molecular weight excluding hydrogens is 304 g/mol. The van der Waals surface area contributed by atoms with Gasteiger partial charge in [-0.05, 0) is 50.7 Å². The monoisotopic (exact) mass is 322 g/mol. The highest BCUT2D eigenvalue weighted by Crippen LogP contribution is 2.21. The van der Waals surface area contributed by atoms with Crippen LogP contribution in [0.4, 0.5) is 5.69 Å². The molecule has 0 amide bonds. The average Bonchev–Trinajstić information content (AvgIpc) is 2.73. The normalized spacial score (nSPS) is 12.0. The number of rotatable bonds is 3. The Labute approximate surface area is 135 Å². The van der Waals surface area contributed by atoms with Crippen LogP contribution < -0.4 is 10.6 Å². The summed E-state index contributed by atoms with van der Waals surface area (Å²) in [5.41, 5.74) is 4.13. The Morgan fingerprint density at radius 2 is 2.10 bits per heavy atom. The van der Waals surface area contributed by atoms with E-state index in [0.29, 0.717) is 10.1 Å². The summed E-state index contributed by atoms with van der Waals surface area (Å²) in [7, 11) is 1.91. The van der Waals surface area contributed by atoms with Crippen LogP contribution in [0, 0.1) is 13.8 Å². The lowest BCUT2D eigenvalue weighted by Crippen LogP contribution is -2.31. The van der Waals surface area contributed by atoms with Crippen molar-refractivity contribution in [1.82, 2.24) is 15.1 Å². The second kappa shape index (κ2) is 6.45. The second-order valence-corrected chi connectivity index (χ2v) is 5.97. The van der Waals surface area contributed by atoms with Gasteiger partial charge in [-0.1, -0.05) is 17.7 Å². The van der Waals surface area contributed by atoms with Gasteiger partial charge in [0.15, 0.2) is 5.11 Å². The molecule has 1 heterocycles. The fourth-order valence-electron chi connectivity index (χ4n) is 2.20. The summed E-state index contributed by atoms with van der Waals surface area (Å²) in [6.45, 7) is 6.06. The molecule has 0 bridgehead atoms. The molecule has 0 fully saturated rings. The molecule has 0 aliphatic heterocycles. The van der Waals surface area contributed by atoms with Gasteiger partial charge in [-0.15, -0.1) is 0 Å². The first-order chi connectivity index (χ1) is 9.86. The molecule has 0 saturated carbocycles. The molecule has 0 aliphatic rings. The van der Waals surface area contributed by atoms with E-state index in [1.54, 1.807) is 4.68 Å². The van der Waals surface area contributed by atoms with Gasteiger partial charge in [0.2, 0.25) is 0 Å². The highest BCUT2D eigenvalue weighted by atomic mass is 35.5. The van der Waals surface area contributed by atoms with Crippen LogP contribution in [0.15, 0.2) is 24.4 Å². The van der Waals surface area contributed by atoms with Crippen LogP contribution in [0.25, 0.3) is 0 Å². The molecular formula is C15H19ClN4S. The Kier molecular flexibility index (Phi) is 4.85. The summed E-state index contributed by atoms with van der Waals surface area (Å²) in [6.07, 6.45) is 2.00. The number of hydrogen-bond acceptors (Lipinski definition) is 2. The Bertz CT molecular complexity index is 666. The van der Waals surface area contributed by atoms with Crippen LogP contribution in [-0.2, 0) is 7.05 Å². The van der Waals surface area contributed by atoms with Gasteiger partial charge in [0, 0.05) is 29.5 Å². The van der Waals surface area contributed by atoms with Gasteiger partial charge in [0.1, 0.15) is 0 Å². The van der Waals surface area contributed by atoms with Gasteiger partial charge in [-0.25, -0.2) is 0 Å². The summed E-state index contributed by atoms with van der Waals surface area (Å²) >= 11 is 11.4. The molecule has 2 N–H and O–H groups in total. The minimum atomic E-state index is 0.0817. The fourth-order valence-corrected chi connectivity index (χ4v) is 2.66. The molecule has 4 nitrogen and oxygen atoms in total. The smallest absolute Gasteiger partial charge is 0.171 e. The summed E-state index contributed by atoms with van der Waals surface area (Å²) < 4.78 is 1.81. The standard InChI is InChI=1S/C15H19ClN4S/c1-9-5-6-12(16)7-14(9)18-15(21)17-10(2)13-8-20(4)19-11(13)3/h5-8,10H,1-4H3,(H2,17,18,21). The third kappa shape index (κ3) is 3.95. The Morgan fingerprint density at radius 3 is 2.71 bits per heavy atom. The van der Waals surface area contributed by atoms with Crippen LogP contribution in [0.3, 0.4) is 0 Å². The van der Waals surface area contributed by atoms with Crippen molar-refractivity contribution in [3.8, 4) is 0 Å². The minimum absolute atomic E-state index is 0.0817. The average molecular weight is 323 g/mol. The third-order valence-electron chi connectivity index (χ3n) is 3.31. The summed E-state index contributed by atoms with van der Waals surface area (Å²) in [5.74, 6) is 0. The first-order valence-corrected chi connectivity index (χ1v) is 7.49. The van der Waals surface area contributed by atoms with E-state index in [-0.39, 0.29) is 6.04 Å². The number of nitrogens with zero attached hydrogens (tertiary/aromatic N) is 2. The molecule has 1 atom stereocenters. The van der Waals surface area contributed by atoms with Crippen molar-refractivity contribution < 1.29 is 0 Å². The first kappa shape index (κ1) is 15.8. The largest absolute Gasteiger partial charge is 0.356 e. The molecule has 1 unspecified atom stereocenters. The van der Waals surface area contributed by atoms with E-state index < -0.39 is 0 Å². The first-order valence-electron chi connectivity index (χ1n) is 6.70. The van der Waals surface area contributed by atoms with E-state index in [2.05, 4.69) is 22.7 Å². The molecule has 0 aliphatic carbocycles. The van der Waals surface area contributed by atoms with Gasteiger partial charge in [-0.2, -0.15) is 5.10 Å². The van der Waals surface area contributed by atoms with Crippen molar-refractivity contribution in [2.75, 3.05) is 5.32 Å². The minimum Gasteiger partial charge on any atom is -0.356 e. The van der Waals surface area contributed by atoms with Crippen molar-refractivity contribution >= 4 is 34.6 Å². The van der Waals surface area contributed by atoms with Crippen molar-refractivity contribution in [3.05, 3.63) is 46.2 Å². The molecule has 0 saturated heterocycles. The maximum Gasteiger partial charge on any atom is 0.171 e. The maximum atomic E-state index is 6.01. The van der Waals surface area contributed by atoms with E-state index in [0.717, 1.165) is 22.5 Å². The summed E-state index contributed by atoms with van der Waals surface area (Å²) in [5, 5.41) is 12.0. The van der Waals surface area contributed by atoms with Crippen LogP contribution in [-0.4, -0.2) is 14.9 Å². The van der Waals surface area contributed by atoms with Crippen molar-refractivity contribution in [2.45, 2.75) is 26.8 Å². The number of thiocarbonyl (C=S) groups is 1. The SMILES string of the molecule is Cc1ccc(Cl)cc1NC(=S)NC(C)c1cn(C)nc1C. The van der Waals surface area contributed by atoms with Crippen molar-refractivity contribution in [3.63, 3.8) is 0 Å². The van der Waals surface area contributed by atoms with E-state index >= 15 is 0 Å². The zero-order valence-corrected chi connectivity index (χ0v) is 14.1. The number of nitrogens with one attached hydrogen (secondary N) is 2. The number of aryl methyl sites for hydroxylation is 3. The quantitative estimate of drug-likeness (QED) is 0.845. The molecule has 21 heavy (non-hydrogen) atoms. The lowest BCUT2D eigenvalue weighted by Gasteiger charge is -2.17. The predicted molar refractivity (Wildman–Crippen MR) is 91.9 cm³/mol. The highest BCUT2D eigenvalue weighted by Gasteiger charge is 2.13. The van der Waals surface area contributed by atoms with Crippen LogP contribution in [0.5, 0.6) is 0 Å². The number of aromatic nitrogens is 2. The van der Waals surface area contributed by atoms with Gasteiger partial charge < -0.3 is 10.6 Å². The molecule has 1 aromatic carbocycles. The lowest BCUT2D eigenvalue weighted by atomic mass is 10.1. The van der Waals surface area contributed by atoms with E-state index in [1.165, 1.54) is 0 Å². The van der Waals surface area contributed by atoms with Crippen molar-refractivity contribution in [2.24, 2.45) is 7.05 Å². The number of anilines is 1. The molecule has 6 heteroatoms. The predicted octanol–water partition coefficient (Wildman–Crippen LogP) is 3.74. The fraction of sp³-hybridized carbons (Fsp3) is 0.333. The third-order valence-corrected chi connectivity index (χ3v) is 3.77. The van der Waals surface area contributed by atoms with Gasteiger partial charge in [0.05, 0.1) is 11.7 Å². The topological polar surface area (TPSA) is 41.9 Å². The zero-order valence-electron chi connectivity index (χ0n) is 12.6. The Morgan fingerprint density at radius 1 is 1.38 bits per heavy atom. The molecule has 2 aromatic rings. The maximum absolute atomic E-state index is 6.01. The number of hydrogen-bond donors (Lipinski definition) is 2. The van der Waals surface area contributed by atoms with Crippen LogP contribution in [0.1, 0.15) is 29.8 Å². The molecule has 2 rings (SSSR count). The highest BCUT2D eigenvalue weighted by molar-refractivity contribution is 7.80. The zero-order chi connectivity index (χ0) is 15.6. The van der Waals surface area contributed by atoms with E-state index in [1.807, 2.05) is 45.3 Å². The van der Waals surface area contributed by atoms with Crippen LogP contribution in [0.2, 0.25) is 5.02 Å². The molecule has 1 aromatic heterocycles. The second-order valence-electron chi connectivity index (χ2n) is 5.12. The molecule has 0 radical (unpaired) electrons. The van der Waals surface area contributed by atoms with Crippen LogP contribution >= 0.6 is 23.8 Å². The van der Waals surface area contributed by atoms with E-state index in [4.69, 9.17) is 23.8 Å². The molecule has 0 spiro atoms. The van der Waals surface area contributed by atoms with Gasteiger partial charge >= 0.3 is 0 Å². The Balaban J connectivity index is 2.04. The summed E-state index contributed by atoms with van der Waals surface area (Å²) in [6, 6.07) is 5.77. The van der Waals surface area contributed by atoms with Gasteiger partial charge in [0.25, 0.3) is 0 Å². The number of benzene rings is 1. The lowest BCUT2D eigenvalue weighted by molar-refractivity contribution is 0.715. The van der Waals surface area contributed by atoms with Gasteiger partial charge in [-0.3, -0.25) is 4.68 Å². The Hall–Kier alpha value is -1.59. The van der Waals surface area contributed by atoms with E-state index in [9.17, 15) is 0 Å². The van der Waals surface area contributed by atoms with Crippen molar-refractivity contribution in [1.29, 1.82) is 0 Å². The summed E-state index contributed by atoms with van der Waals surface area (Å²) in [4.78, 5) is 0.